The molecule has 4 aromatic carbocycles. The topological polar surface area (TPSA) is 35.2 Å². The van der Waals surface area contributed by atoms with E-state index in [9.17, 15) is 0 Å². The lowest BCUT2D eigenvalue weighted by molar-refractivity contribution is -0.737. The maximum absolute atomic E-state index is 6.86. The number of nitrogens with zero attached hydrogens (tertiary/aromatic N) is 5. The first-order valence-corrected chi connectivity index (χ1v) is 14.7. The summed E-state index contributed by atoms with van der Waals surface area (Å²) in [5.41, 5.74) is 12.9. The number of ether oxygens (including phenoxy) is 1. The molecule has 0 N–H and O–H groups in total. The molecule has 0 radical (unpaired) electrons. The summed E-state index contributed by atoms with van der Waals surface area (Å²) in [5.74, 6) is 3.04. The average Bonchev–Trinajstić information content (AvgIpc) is 3.50. The van der Waals surface area contributed by atoms with Crippen LogP contribution < -0.4 is 19.2 Å². The summed E-state index contributed by atoms with van der Waals surface area (Å²) in [6.45, 7) is 4.76. The van der Waals surface area contributed by atoms with Gasteiger partial charge in [-0.2, -0.15) is 10.0 Å². The van der Waals surface area contributed by atoms with Crippen molar-refractivity contribution in [1.29, 1.82) is 0 Å². The van der Waals surface area contributed by atoms with E-state index in [0.29, 0.717) is 0 Å². The van der Waals surface area contributed by atoms with Crippen LogP contribution in [-0.2, 0) is 11.0 Å². The minimum absolute atomic E-state index is 0.0836. The van der Waals surface area contributed by atoms with E-state index in [1.165, 1.54) is 61.7 Å². The minimum atomic E-state index is -0.584. The van der Waals surface area contributed by atoms with Crippen molar-refractivity contribution >= 4 is 29.2 Å². The van der Waals surface area contributed by atoms with E-state index in [0.717, 1.165) is 17.2 Å². The molecular formula is C36H26N5O+. The van der Waals surface area contributed by atoms with Gasteiger partial charge in [-0.25, -0.2) is 9.58 Å². The Bertz CT molecular complexity index is 2170. The lowest BCUT2D eigenvalue weighted by Gasteiger charge is -2.48. The first-order valence-electron chi connectivity index (χ1n) is 14.7. The van der Waals surface area contributed by atoms with Crippen LogP contribution in [0.3, 0.4) is 0 Å². The smallest absolute Gasteiger partial charge is 0.292 e. The summed E-state index contributed by atoms with van der Waals surface area (Å²) in [6.07, 6.45) is 4.18. The molecule has 0 saturated carbocycles. The van der Waals surface area contributed by atoms with Crippen LogP contribution in [0.5, 0.6) is 11.5 Å². The van der Waals surface area contributed by atoms with Gasteiger partial charge in [0, 0.05) is 29.2 Å². The van der Waals surface area contributed by atoms with Gasteiger partial charge in [-0.05, 0) is 47.5 Å². The summed E-state index contributed by atoms with van der Waals surface area (Å²) in [5, 5.41) is 7.17. The molecule has 0 amide bonds. The van der Waals surface area contributed by atoms with Crippen LogP contribution in [0.2, 0.25) is 0 Å². The Labute approximate surface area is 243 Å². The number of hydrogen-bond acceptors (Lipinski definition) is 5. The van der Waals surface area contributed by atoms with E-state index < -0.39 is 5.54 Å². The Morgan fingerprint density at radius 3 is 2.33 bits per heavy atom. The highest BCUT2D eigenvalue weighted by Gasteiger charge is 2.70. The molecule has 1 spiro atoms. The van der Waals surface area contributed by atoms with Gasteiger partial charge in [0.05, 0.1) is 28.6 Å². The minimum Gasteiger partial charge on any atom is -0.456 e. The van der Waals surface area contributed by atoms with Gasteiger partial charge in [0.25, 0.3) is 5.82 Å². The molecule has 0 fully saturated rings. The van der Waals surface area contributed by atoms with Gasteiger partial charge >= 0.3 is 0 Å². The quantitative estimate of drug-likeness (QED) is 0.193. The number of benzene rings is 4. The number of para-hydroxylation sites is 1. The van der Waals surface area contributed by atoms with Crippen molar-refractivity contribution in [1.82, 2.24) is 4.90 Å². The molecule has 2 unspecified atom stereocenters. The molecule has 0 saturated heterocycles. The number of anilines is 4. The molecule has 0 bridgehead atoms. The van der Waals surface area contributed by atoms with Crippen LogP contribution in [0.25, 0.3) is 22.3 Å². The summed E-state index contributed by atoms with van der Waals surface area (Å²) < 4.78 is 9.43. The van der Waals surface area contributed by atoms with E-state index in [1.807, 2.05) is 6.34 Å². The standard InChI is InChI=1S/C36H26N5O/c1-35(2)24-12-6-11-22-20-9-4-5-10-21(20)23-16-17-28-30-32(23)40(31(22)24)33-25(35)13-8-18-39(33)36(30)29-26(14-7-15-27(29)42-28)41-34(36)38(3)19-37-41/h4-19,34H,1-3H3/q+1. The highest BCUT2D eigenvalue weighted by atomic mass is 16.5. The number of hydrogen-bond donors (Lipinski definition) is 0. The summed E-state index contributed by atoms with van der Waals surface area (Å²) >= 11 is 0. The van der Waals surface area contributed by atoms with Gasteiger partial charge in [0.2, 0.25) is 5.54 Å². The van der Waals surface area contributed by atoms with Crippen molar-refractivity contribution in [2.75, 3.05) is 17.0 Å². The van der Waals surface area contributed by atoms with Crippen molar-refractivity contribution in [2.45, 2.75) is 31.0 Å². The van der Waals surface area contributed by atoms with E-state index in [-0.39, 0.29) is 11.6 Å². The van der Waals surface area contributed by atoms with Crippen molar-refractivity contribution in [3.8, 4) is 33.8 Å². The van der Waals surface area contributed by atoms with Crippen LogP contribution in [-0.4, -0.2) is 24.5 Å². The Hall–Kier alpha value is -5.10. The third-order valence-corrected chi connectivity index (χ3v) is 10.6. The highest BCUT2D eigenvalue weighted by molar-refractivity contribution is 6.07. The van der Waals surface area contributed by atoms with Gasteiger partial charge < -0.3 is 9.64 Å². The van der Waals surface area contributed by atoms with E-state index in [2.05, 4.69) is 131 Å². The van der Waals surface area contributed by atoms with Crippen molar-refractivity contribution in [3.05, 3.63) is 113 Å². The molecular weight excluding hydrogens is 518 g/mol. The fraction of sp³-hybridized carbons (Fsp3) is 0.167. The highest BCUT2D eigenvalue weighted by Crippen LogP contribution is 2.68. The van der Waals surface area contributed by atoms with E-state index >= 15 is 0 Å². The Kier molecular flexibility index (Phi) is 3.36. The molecule has 6 aliphatic heterocycles. The SMILES string of the molecule is CN1C=NN2c3cccc4c3C3(c5c(ccc6c5N5c7c(cccc7C(C)(C)c7ccc[n+]3c75)-c3ccccc3-6)O4)C12. The molecule has 0 aliphatic carbocycles. The third kappa shape index (κ3) is 1.99. The normalized spacial score (nSPS) is 22.6. The molecule has 6 nitrogen and oxygen atoms in total. The fourth-order valence-corrected chi connectivity index (χ4v) is 9.05. The summed E-state index contributed by atoms with van der Waals surface area (Å²) in [6, 6.07) is 31.2. The van der Waals surface area contributed by atoms with Gasteiger partial charge in [-0.3, -0.25) is 0 Å². The third-order valence-electron chi connectivity index (χ3n) is 10.6. The van der Waals surface area contributed by atoms with Crippen molar-refractivity contribution in [3.63, 3.8) is 0 Å². The number of likely N-dealkylation sites (N-methyl/N-ethyl adjacent to an activating group) is 1. The van der Waals surface area contributed by atoms with Crippen LogP contribution in [0.15, 0.2) is 96.2 Å². The molecule has 2 atom stereocenters. The van der Waals surface area contributed by atoms with Crippen LogP contribution >= 0.6 is 0 Å². The van der Waals surface area contributed by atoms with Crippen LogP contribution in [0, 0.1) is 0 Å². The second kappa shape index (κ2) is 6.52. The Morgan fingerprint density at radius 2 is 1.48 bits per heavy atom. The van der Waals surface area contributed by atoms with Gasteiger partial charge in [0.1, 0.15) is 23.5 Å². The zero-order chi connectivity index (χ0) is 27.7. The maximum Gasteiger partial charge on any atom is 0.292 e. The summed E-state index contributed by atoms with van der Waals surface area (Å²) in [4.78, 5) is 4.85. The second-order valence-electron chi connectivity index (χ2n) is 12.8. The van der Waals surface area contributed by atoms with E-state index in [1.54, 1.807) is 0 Å². The predicted octanol–water partition coefficient (Wildman–Crippen LogP) is 6.98. The molecule has 200 valence electrons. The summed E-state index contributed by atoms with van der Waals surface area (Å²) in [7, 11) is 2.15. The Morgan fingerprint density at radius 1 is 0.738 bits per heavy atom. The molecule has 1 aromatic heterocycles. The average molecular weight is 545 g/mol. The molecule has 6 heteroatoms. The molecule has 42 heavy (non-hydrogen) atoms. The zero-order valence-electron chi connectivity index (χ0n) is 23.5. The van der Waals surface area contributed by atoms with Gasteiger partial charge in [-0.15, -0.1) is 0 Å². The Balaban J connectivity index is 1.43. The largest absolute Gasteiger partial charge is 0.456 e. The first kappa shape index (κ1) is 21.6. The van der Waals surface area contributed by atoms with Crippen molar-refractivity contribution in [2.24, 2.45) is 5.10 Å². The molecule has 11 rings (SSSR count). The maximum atomic E-state index is 6.86. The molecule has 6 aliphatic rings. The van der Waals surface area contributed by atoms with Crippen LogP contribution in [0.1, 0.15) is 36.1 Å². The fourth-order valence-electron chi connectivity index (χ4n) is 9.05. The predicted molar refractivity (Wildman–Crippen MR) is 163 cm³/mol. The molecule has 5 aromatic rings. The number of hydrazone groups is 1. The van der Waals surface area contributed by atoms with Gasteiger partial charge in [-0.1, -0.05) is 62.4 Å². The number of fused-ring (bicyclic) bond motifs is 5. The number of pyridine rings is 1. The van der Waals surface area contributed by atoms with Crippen LogP contribution in [0.4, 0.5) is 22.9 Å². The first-order chi connectivity index (χ1) is 20.5. The number of aromatic nitrogens is 1. The van der Waals surface area contributed by atoms with E-state index in [4.69, 9.17) is 9.84 Å². The lowest BCUT2D eigenvalue weighted by Crippen LogP contribution is -2.71. The second-order valence-corrected chi connectivity index (χ2v) is 12.8. The van der Waals surface area contributed by atoms with Gasteiger partial charge in [0.15, 0.2) is 11.9 Å². The zero-order valence-corrected chi connectivity index (χ0v) is 23.5. The number of rotatable bonds is 0. The monoisotopic (exact) mass is 544 g/mol. The lowest BCUT2D eigenvalue weighted by atomic mass is 9.70. The molecule has 7 heterocycles. The van der Waals surface area contributed by atoms with Crippen molar-refractivity contribution < 1.29 is 9.30 Å².